The number of allylic oxidation sites excluding steroid dienone is 1. The third-order valence-corrected chi connectivity index (χ3v) is 3.80. The molecule has 0 aromatic heterocycles. The first-order valence-corrected chi connectivity index (χ1v) is 7.91. The predicted molar refractivity (Wildman–Crippen MR) is 91.2 cm³/mol. The van der Waals surface area contributed by atoms with Gasteiger partial charge < -0.3 is 9.47 Å². The van der Waals surface area contributed by atoms with Crippen molar-refractivity contribution in [3.05, 3.63) is 65.2 Å². The van der Waals surface area contributed by atoms with Crippen LogP contribution in [-0.4, -0.2) is 18.5 Å². The van der Waals surface area contributed by atoms with Gasteiger partial charge in [0.25, 0.3) is 0 Å². The standard InChI is InChI=1S/C20H20O3/c1-3-22-19-13-17-11-14(2)23-20(17)12-16(19)9-10-18(21)15-7-5-4-6-8-15/h4-10,12-14H,3,11H2,1-2H3/b10-9+. The number of ether oxygens (including phenoxy) is 2. The van der Waals surface area contributed by atoms with Crippen LogP contribution in [0, 0.1) is 0 Å². The van der Waals surface area contributed by atoms with Gasteiger partial charge in [0.1, 0.15) is 17.6 Å². The summed E-state index contributed by atoms with van der Waals surface area (Å²) >= 11 is 0. The molecule has 0 aliphatic carbocycles. The van der Waals surface area contributed by atoms with E-state index in [-0.39, 0.29) is 11.9 Å². The van der Waals surface area contributed by atoms with E-state index in [2.05, 4.69) is 6.92 Å². The second-order valence-corrected chi connectivity index (χ2v) is 5.63. The van der Waals surface area contributed by atoms with Gasteiger partial charge in [0.2, 0.25) is 0 Å². The molecule has 0 bridgehead atoms. The highest BCUT2D eigenvalue weighted by Gasteiger charge is 2.21. The zero-order chi connectivity index (χ0) is 16.2. The van der Waals surface area contributed by atoms with Crippen LogP contribution < -0.4 is 9.47 Å². The van der Waals surface area contributed by atoms with E-state index in [1.54, 1.807) is 12.2 Å². The largest absolute Gasteiger partial charge is 0.493 e. The maximum absolute atomic E-state index is 12.2. The Kier molecular flexibility index (Phi) is 4.47. The summed E-state index contributed by atoms with van der Waals surface area (Å²) in [6.07, 6.45) is 4.46. The molecule has 1 aliphatic heterocycles. The first kappa shape index (κ1) is 15.3. The first-order chi connectivity index (χ1) is 11.2. The number of carbonyl (C=O) groups is 1. The lowest BCUT2D eigenvalue weighted by molar-refractivity contribution is 0.104. The van der Waals surface area contributed by atoms with Crippen molar-refractivity contribution >= 4 is 11.9 Å². The van der Waals surface area contributed by atoms with Crippen molar-refractivity contribution in [1.29, 1.82) is 0 Å². The second-order valence-electron chi connectivity index (χ2n) is 5.63. The van der Waals surface area contributed by atoms with Gasteiger partial charge in [-0.1, -0.05) is 30.3 Å². The van der Waals surface area contributed by atoms with E-state index in [4.69, 9.17) is 9.47 Å². The van der Waals surface area contributed by atoms with Crippen molar-refractivity contribution in [1.82, 2.24) is 0 Å². The van der Waals surface area contributed by atoms with Crippen LogP contribution in [0.4, 0.5) is 0 Å². The van der Waals surface area contributed by atoms with Crippen LogP contribution in [0.1, 0.15) is 35.3 Å². The van der Waals surface area contributed by atoms with Gasteiger partial charge in [-0.2, -0.15) is 0 Å². The van der Waals surface area contributed by atoms with Crippen molar-refractivity contribution in [2.45, 2.75) is 26.4 Å². The Labute approximate surface area is 136 Å². The maximum atomic E-state index is 12.2. The summed E-state index contributed by atoms with van der Waals surface area (Å²) < 4.78 is 11.5. The van der Waals surface area contributed by atoms with Gasteiger partial charge in [-0.3, -0.25) is 4.79 Å². The third kappa shape index (κ3) is 3.45. The summed E-state index contributed by atoms with van der Waals surface area (Å²) in [6.45, 7) is 4.59. The number of ketones is 1. The van der Waals surface area contributed by atoms with Crippen LogP contribution in [0.25, 0.3) is 6.08 Å². The molecule has 0 saturated heterocycles. The van der Waals surface area contributed by atoms with E-state index >= 15 is 0 Å². The fraction of sp³-hybridized carbons (Fsp3) is 0.250. The number of fused-ring (bicyclic) bond motifs is 1. The Morgan fingerprint density at radius 2 is 2.09 bits per heavy atom. The highest BCUT2D eigenvalue weighted by Crippen LogP contribution is 2.35. The highest BCUT2D eigenvalue weighted by molar-refractivity contribution is 6.06. The number of benzene rings is 2. The molecule has 3 nitrogen and oxygen atoms in total. The van der Waals surface area contributed by atoms with Crippen LogP contribution >= 0.6 is 0 Å². The molecule has 2 aromatic rings. The first-order valence-electron chi connectivity index (χ1n) is 7.91. The lowest BCUT2D eigenvalue weighted by Gasteiger charge is -2.10. The topological polar surface area (TPSA) is 35.5 Å². The van der Waals surface area contributed by atoms with E-state index in [1.807, 2.05) is 49.4 Å². The van der Waals surface area contributed by atoms with Crippen LogP contribution in [-0.2, 0) is 6.42 Å². The Morgan fingerprint density at radius 3 is 2.83 bits per heavy atom. The Balaban J connectivity index is 1.88. The molecule has 0 radical (unpaired) electrons. The molecular formula is C20H20O3. The Bertz CT molecular complexity index is 732. The summed E-state index contributed by atoms with van der Waals surface area (Å²) in [5.41, 5.74) is 2.70. The number of carbonyl (C=O) groups excluding carboxylic acids is 1. The maximum Gasteiger partial charge on any atom is 0.185 e. The fourth-order valence-corrected chi connectivity index (χ4v) is 2.73. The molecule has 0 fully saturated rings. The van der Waals surface area contributed by atoms with Crippen LogP contribution in [0.5, 0.6) is 11.5 Å². The molecule has 0 N–H and O–H groups in total. The van der Waals surface area contributed by atoms with Crippen molar-refractivity contribution in [3.8, 4) is 11.5 Å². The number of hydrogen-bond donors (Lipinski definition) is 0. The molecule has 0 spiro atoms. The molecule has 2 aromatic carbocycles. The average molecular weight is 308 g/mol. The minimum Gasteiger partial charge on any atom is -0.493 e. The monoisotopic (exact) mass is 308 g/mol. The van der Waals surface area contributed by atoms with Crippen molar-refractivity contribution in [2.24, 2.45) is 0 Å². The second kappa shape index (κ2) is 6.69. The Morgan fingerprint density at radius 1 is 1.30 bits per heavy atom. The molecule has 1 heterocycles. The molecule has 1 unspecified atom stereocenters. The molecule has 118 valence electrons. The summed E-state index contributed by atoms with van der Waals surface area (Å²) in [5.74, 6) is 1.65. The summed E-state index contributed by atoms with van der Waals surface area (Å²) in [7, 11) is 0. The summed E-state index contributed by atoms with van der Waals surface area (Å²) in [4.78, 5) is 12.2. The van der Waals surface area contributed by atoms with E-state index in [1.165, 1.54) is 0 Å². The molecule has 3 heteroatoms. The van der Waals surface area contributed by atoms with Crippen molar-refractivity contribution < 1.29 is 14.3 Å². The zero-order valence-electron chi connectivity index (χ0n) is 13.4. The van der Waals surface area contributed by atoms with Gasteiger partial charge in [0.15, 0.2) is 5.78 Å². The van der Waals surface area contributed by atoms with Gasteiger partial charge in [-0.25, -0.2) is 0 Å². The highest BCUT2D eigenvalue weighted by atomic mass is 16.5. The van der Waals surface area contributed by atoms with Gasteiger partial charge in [0.05, 0.1) is 6.61 Å². The summed E-state index contributed by atoms with van der Waals surface area (Å²) in [5, 5.41) is 0. The quantitative estimate of drug-likeness (QED) is 0.610. The van der Waals surface area contributed by atoms with Gasteiger partial charge in [-0.05, 0) is 38.1 Å². The molecule has 1 atom stereocenters. The SMILES string of the molecule is CCOc1cc2c(cc1/C=C/C(=O)c1ccccc1)OC(C)C2. The molecule has 0 saturated carbocycles. The van der Waals surface area contributed by atoms with Crippen LogP contribution in [0.2, 0.25) is 0 Å². The van der Waals surface area contributed by atoms with Gasteiger partial charge in [-0.15, -0.1) is 0 Å². The predicted octanol–water partition coefficient (Wildman–Crippen LogP) is 4.30. The van der Waals surface area contributed by atoms with Crippen molar-refractivity contribution in [2.75, 3.05) is 6.61 Å². The minimum absolute atomic E-state index is 0.0252. The number of rotatable bonds is 5. The van der Waals surface area contributed by atoms with Crippen LogP contribution in [0.3, 0.4) is 0 Å². The normalized spacial score (nSPS) is 16.2. The summed E-state index contributed by atoms with van der Waals surface area (Å²) in [6, 6.07) is 13.2. The van der Waals surface area contributed by atoms with Crippen LogP contribution in [0.15, 0.2) is 48.5 Å². The zero-order valence-corrected chi connectivity index (χ0v) is 13.4. The molecular weight excluding hydrogens is 288 g/mol. The van der Waals surface area contributed by atoms with Gasteiger partial charge >= 0.3 is 0 Å². The van der Waals surface area contributed by atoms with E-state index < -0.39 is 0 Å². The van der Waals surface area contributed by atoms with E-state index in [9.17, 15) is 4.79 Å². The fourth-order valence-electron chi connectivity index (χ4n) is 2.73. The average Bonchev–Trinajstić information content (AvgIpc) is 2.92. The minimum atomic E-state index is -0.0252. The Hall–Kier alpha value is -2.55. The van der Waals surface area contributed by atoms with Gasteiger partial charge in [0, 0.05) is 23.1 Å². The smallest absolute Gasteiger partial charge is 0.185 e. The molecule has 1 aliphatic rings. The molecule has 3 rings (SSSR count). The molecule has 0 amide bonds. The van der Waals surface area contributed by atoms with E-state index in [0.29, 0.717) is 12.2 Å². The third-order valence-electron chi connectivity index (χ3n) is 3.80. The molecule has 23 heavy (non-hydrogen) atoms. The number of hydrogen-bond acceptors (Lipinski definition) is 3. The lowest BCUT2D eigenvalue weighted by atomic mass is 10.0. The van der Waals surface area contributed by atoms with Crippen molar-refractivity contribution in [3.63, 3.8) is 0 Å². The lowest BCUT2D eigenvalue weighted by Crippen LogP contribution is -2.05. The van der Waals surface area contributed by atoms with E-state index in [0.717, 1.165) is 29.0 Å².